The second-order valence-corrected chi connectivity index (χ2v) is 5.27. The maximum Gasteiger partial charge on any atom is 0.312 e. The minimum absolute atomic E-state index is 0.246. The Labute approximate surface area is 127 Å². The lowest BCUT2D eigenvalue weighted by Gasteiger charge is -2.26. The van der Waals surface area contributed by atoms with Crippen molar-refractivity contribution >= 4 is 23.4 Å². The molecule has 0 unspecified atom stereocenters. The van der Waals surface area contributed by atoms with Gasteiger partial charge < -0.3 is 19.9 Å². The molecule has 22 heavy (non-hydrogen) atoms. The lowest BCUT2D eigenvalue weighted by Crippen LogP contribution is -2.49. The van der Waals surface area contributed by atoms with E-state index in [9.17, 15) is 14.4 Å². The maximum atomic E-state index is 12.3. The van der Waals surface area contributed by atoms with Crippen LogP contribution in [0.3, 0.4) is 0 Å². The zero-order valence-electron chi connectivity index (χ0n) is 12.2. The first-order valence-electron chi connectivity index (χ1n) is 7.13. The van der Waals surface area contributed by atoms with Crippen molar-refractivity contribution in [3.8, 4) is 0 Å². The van der Waals surface area contributed by atoms with Crippen molar-refractivity contribution in [2.45, 2.75) is 6.04 Å². The molecule has 0 radical (unpaired) electrons. The van der Waals surface area contributed by atoms with E-state index in [1.54, 1.807) is 19.2 Å². The summed E-state index contributed by atoms with van der Waals surface area (Å²) in [6.45, 7) is 1.63. The van der Waals surface area contributed by atoms with Gasteiger partial charge in [-0.25, -0.2) is 0 Å². The average Bonchev–Trinajstić information content (AvgIpc) is 2.80. The minimum atomic E-state index is -0.807. The predicted octanol–water partition coefficient (Wildman–Crippen LogP) is -0.321. The summed E-state index contributed by atoms with van der Waals surface area (Å²) in [5.74, 6) is -1.63. The number of rotatable bonds is 1. The van der Waals surface area contributed by atoms with Gasteiger partial charge in [0.25, 0.3) is 5.91 Å². The number of benzene rings is 1. The number of nitrogens with one attached hydrogen (secondary N) is 1. The van der Waals surface area contributed by atoms with Crippen LogP contribution in [0.15, 0.2) is 24.3 Å². The molecule has 1 aromatic carbocycles. The third kappa shape index (κ3) is 2.43. The van der Waals surface area contributed by atoms with E-state index in [0.29, 0.717) is 31.9 Å². The van der Waals surface area contributed by atoms with E-state index in [0.717, 1.165) is 5.69 Å². The lowest BCUT2D eigenvalue weighted by atomic mass is 10.1. The SMILES string of the molecule is CN1C(=O)[C@H](NC(=O)C(=O)N2CCOCC2)c2ccccc21. The molecule has 1 saturated heterocycles. The molecule has 1 fully saturated rings. The van der Waals surface area contributed by atoms with Gasteiger partial charge in [-0.3, -0.25) is 14.4 Å². The number of likely N-dealkylation sites (N-methyl/N-ethyl adjacent to an activating group) is 1. The first-order valence-corrected chi connectivity index (χ1v) is 7.13. The number of hydrogen-bond donors (Lipinski definition) is 1. The topological polar surface area (TPSA) is 79.0 Å². The van der Waals surface area contributed by atoms with E-state index in [-0.39, 0.29) is 5.91 Å². The number of para-hydroxylation sites is 1. The van der Waals surface area contributed by atoms with Crippen molar-refractivity contribution in [3.05, 3.63) is 29.8 Å². The summed E-state index contributed by atoms with van der Waals surface area (Å²) in [5.41, 5.74) is 1.45. The normalized spacial score (nSPS) is 20.8. The number of amides is 3. The molecule has 0 aromatic heterocycles. The van der Waals surface area contributed by atoms with Gasteiger partial charge in [0, 0.05) is 31.4 Å². The van der Waals surface area contributed by atoms with Crippen molar-refractivity contribution < 1.29 is 19.1 Å². The smallest absolute Gasteiger partial charge is 0.312 e. The fourth-order valence-corrected chi connectivity index (χ4v) is 2.72. The summed E-state index contributed by atoms with van der Waals surface area (Å²) in [7, 11) is 1.65. The predicted molar refractivity (Wildman–Crippen MR) is 78.1 cm³/mol. The summed E-state index contributed by atoms with van der Waals surface area (Å²) in [6, 6.07) is 6.41. The van der Waals surface area contributed by atoms with E-state index < -0.39 is 17.9 Å². The van der Waals surface area contributed by atoms with Gasteiger partial charge in [0.05, 0.1) is 13.2 Å². The Morgan fingerprint density at radius 2 is 1.91 bits per heavy atom. The molecule has 116 valence electrons. The van der Waals surface area contributed by atoms with E-state index in [1.807, 2.05) is 12.1 Å². The number of carbonyl (C=O) groups excluding carboxylic acids is 3. The van der Waals surface area contributed by atoms with Crippen LogP contribution in [-0.4, -0.2) is 56.0 Å². The molecule has 0 saturated carbocycles. The molecule has 1 N–H and O–H groups in total. The van der Waals surface area contributed by atoms with Crippen LogP contribution in [-0.2, 0) is 19.1 Å². The zero-order valence-corrected chi connectivity index (χ0v) is 12.2. The highest BCUT2D eigenvalue weighted by Gasteiger charge is 2.37. The van der Waals surface area contributed by atoms with Crippen LogP contribution in [0.4, 0.5) is 5.69 Å². The van der Waals surface area contributed by atoms with Crippen molar-refractivity contribution in [2.24, 2.45) is 0 Å². The monoisotopic (exact) mass is 303 g/mol. The van der Waals surface area contributed by atoms with E-state index in [4.69, 9.17) is 4.74 Å². The summed E-state index contributed by atoms with van der Waals surface area (Å²) in [5, 5.41) is 2.55. The molecular formula is C15H17N3O4. The van der Waals surface area contributed by atoms with Crippen LogP contribution >= 0.6 is 0 Å². The van der Waals surface area contributed by atoms with Crippen LogP contribution in [0.1, 0.15) is 11.6 Å². The molecule has 3 amide bonds. The number of anilines is 1. The zero-order chi connectivity index (χ0) is 15.7. The van der Waals surface area contributed by atoms with Crippen LogP contribution in [0.2, 0.25) is 0 Å². The van der Waals surface area contributed by atoms with Crippen LogP contribution in [0.25, 0.3) is 0 Å². The highest BCUT2D eigenvalue weighted by molar-refractivity contribution is 6.35. The van der Waals surface area contributed by atoms with Gasteiger partial charge >= 0.3 is 11.8 Å². The molecule has 3 rings (SSSR count). The first kappa shape index (κ1) is 14.5. The number of hydrogen-bond acceptors (Lipinski definition) is 4. The van der Waals surface area contributed by atoms with Gasteiger partial charge in [-0.1, -0.05) is 18.2 Å². The van der Waals surface area contributed by atoms with Crippen LogP contribution in [0.5, 0.6) is 0 Å². The van der Waals surface area contributed by atoms with Crippen LogP contribution < -0.4 is 10.2 Å². The Hall–Kier alpha value is -2.41. The molecule has 0 aliphatic carbocycles. The standard InChI is InChI=1S/C15H17N3O4/c1-17-11-5-3-2-4-10(11)12(14(17)20)16-13(19)15(21)18-6-8-22-9-7-18/h2-5,12H,6-9H2,1H3,(H,16,19)/t12-/m1/s1. The number of morpholine rings is 1. The Balaban J connectivity index is 1.74. The first-order chi connectivity index (χ1) is 10.6. The fourth-order valence-electron chi connectivity index (χ4n) is 2.72. The van der Waals surface area contributed by atoms with Crippen molar-refractivity contribution in [1.29, 1.82) is 0 Å². The van der Waals surface area contributed by atoms with Crippen molar-refractivity contribution in [2.75, 3.05) is 38.3 Å². The Bertz CT molecular complexity index is 625. The maximum absolute atomic E-state index is 12.3. The Morgan fingerprint density at radius 1 is 1.23 bits per heavy atom. The third-order valence-electron chi connectivity index (χ3n) is 3.95. The molecule has 0 spiro atoms. The lowest BCUT2D eigenvalue weighted by molar-refractivity contribution is -0.149. The van der Waals surface area contributed by atoms with Crippen LogP contribution in [0, 0.1) is 0 Å². The number of ether oxygens (including phenoxy) is 1. The highest BCUT2D eigenvalue weighted by atomic mass is 16.5. The van der Waals surface area contributed by atoms with Gasteiger partial charge in [0.2, 0.25) is 0 Å². The molecule has 2 aliphatic heterocycles. The third-order valence-corrected chi connectivity index (χ3v) is 3.95. The Morgan fingerprint density at radius 3 is 2.64 bits per heavy atom. The average molecular weight is 303 g/mol. The molecule has 1 aromatic rings. The second-order valence-electron chi connectivity index (χ2n) is 5.27. The number of carbonyl (C=O) groups is 3. The Kier molecular flexibility index (Phi) is 3.81. The highest BCUT2D eigenvalue weighted by Crippen LogP contribution is 2.34. The number of nitrogens with zero attached hydrogens (tertiary/aromatic N) is 2. The molecule has 2 aliphatic rings. The van der Waals surface area contributed by atoms with Gasteiger partial charge in [-0.05, 0) is 6.07 Å². The van der Waals surface area contributed by atoms with E-state index in [1.165, 1.54) is 9.80 Å². The quantitative estimate of drug-likeness (QED) is 0.721. The van der Waals surface area contributed by atoms with Crippen molar-refractivity contribution in [3.63, 3.8) is 0 Å². The molecule has 7 nitrogen and oxygen atoms in total. The van der Waals surface area contributed by atoms with Gasteiger partial charge in [0.1, 0.15) is 6.04 Å². The largest absolute Gasteiger partial charge is 0.378 e. The molecule has 0 bridgehead atoms. The van der Waals surface area contributed by atoms with Gasteiger partial charge in [0.15, 0.2) is 0 Å². The molecule has 7 heteroatoms. The van der Waals surface area contributed by atoms with Crippen molar-refractivity contribution in [1.82, 2.24) is 10.2 Å². The second kappa shape index (κ2) is 5.76. The molecule has 1 atom stereocenters. The van der Waals surface area contributed by atoms with Gasteiger partial charge in [-0.2, -0.15) is 0 Å². The molecular weight excluding hydrogens is 286 g/mol. The summed E-state index contributed by atoms with van der Waals surface area (Å²) in [6.07, 6.45) is 0. The van der Waals surface area contributed by atoms with Gasteiger partial charge in [-0.15, -0.1) is 0 Å². The summed E-state index contributed by atoms with van der Waals surface area (Å²) < 4.78 is 5.15. The fraction of sp³-hybridized carbons (Fsp3) is 0.400. The summed E-state index contributed by atoms with van der Waals surface area (Å²) >= 11 is 0. The number of fused-ring (bicyclic) bond motifs is 1. The molecule has 2 heterocycles. The van der Waals surface area contributed by atoms with E-state index in [2.05, 4.69) is 5.32 Å². The summed E-state index contributed by atoms with van der Waals surface area (Å²) in [4.78, 5) is 39.5. The van der Waals surface area contributed by atoms with E-state index >= 15 is 0 Å². The minimum Gasteiger partial charge on any atom is -0.378 e.